The van der Waals surface area contributed by atoms with Gasteiger partial charge in [0.15, 0.2) is 0 Å². The van der Waals surface area contributed by atoms with Gasteiger partial charge in [-0.3, -0.25) is 0 Å². The molecule has 0 aromatic rings. The summed E-state index contributed by atoms with van der Waals surface area (Å²) in [5.74, 6) is -0.821. The minimum Gasteiger partial charge on any atom is -0.478 e. The van der Waals surface area contributed by atoms with Gasteiger partial charge in [-0.2, -0.15) is 0 Å². The molecule has 0 aromatic heterocycles. The summed E-state index contributed by atoms with van der Waals surface area (Å²) in [5, 5.41) is 18.5. The molecule has 2 rings (SSSR count). The van der Waals surface area contributed by atoms with Crippen LogP contribution in [0.2, 0.25) is 0 Å². The smallest absolute Gasteiger partial charge is 0.332 e. The molecule has 1 unspecified atom stereocenters. The van der Waals surface area contributed by atoms with Crippen LogP contribution >= 0.6 is 0 Å². The molecule has 3 heteroatoms. The van der Waals surface area contributed by atoms with Gasteiger partial charge < -0.3 is 10.2 Å². The van der Waals surface area contributed by atoms with Crippen molar-refractivity contribution >= 4 is 5.97 Å². The van der Waals surface area contributed by atoms with Gasteiger partial charge >= 0.3 is 5.97 Å². The van der Waals surface area contributed by atoms with Crippen LogP contribution in [0.25, 0.3) is 0 Å². The summed E-state index contributed by atoms with van der Waals surface area (Å²) in [7, 11) is 0. The molecule has 0 radical (unpaired) electrons. The molecule has 2 N–H and O–H groups in total. The first kappa shape index (κ1) is 11.4. The number of carbonyl (C=O) groups is 1. The molecule has 3 nitrogen and oxygen atoms in total. The number of aliphatic carboxylic acids is 1. The van der Waals surface area contributed by atoms with Gasteiger partial charge in [-0.05, 0) is 38.5 Å². The zero-order chi connectivity index (χ0) is 11.6. The topological polar surface area (TPSA) is 57.5 Å². The van der Waals surface area contributed by atoms with Crippen LogP contribution in [0.5, 0.6) is 0 Å². The maximum Gasteiger partial charge on any atom is 0.332 e. The minimum absolute atomic E-state index is 0.0575. The average molecular weight is 222 g/mol. The van der Waals surface area contributed by atoms with Crippen molar-refractivity contribution < 1.29 is 15.0 Å². The molecule has 0 bridgehead atoms. The van der Waals surface area contributed by atoms with Crippen LogP contribution < -0.4 is 0 Å². The molecule has 2 aliphatic carbocycles. The van der Waals surface area contributed by atoms with Crippen molar-refractivity contribution in [2.45, 2.75) is 38.5 Å². The van der Waals surface area contributed by atoms with Gasteiger partial charge in [-0.25, -0.2) is 4.79 Å². The van der Waals surface area contributed by atoms with Crippen molar-refractivity contribution in [2.75, 3.05) is 6.61 Å². The van der Waals surface area contributed by atoms with Crippen LogP contribution in [0.4, 0.5) is 0 Å². The van der Waals surface area contributed by atoms with E-state index < -0.39 is 5.97 Å². The Hall–Kier alpha value is -1.09. The fourth-order valence-electron chi connectivity index (χ4n) is 3.14. The molecule has 2 aliphatic rings. The fraction of sp³-hybridized carbons (Fsp3) is 0.615. The number of hydrogen-bond donors (Lipinski definition) is 2. The lowest BCUT2D eigenvalue weighted by atomic mass is 9.71. The highest BCUT2D eigenvalue weighted by Gasteiger charge is 2.43. The van der Waals surface area contributed by atoms with Crippen LogP contribution in [0.1, 0.15) is 38.5 Å². The van der Waals surface area contributed by atoms with E-state index in [1.54, 1.807) is 0 Å². The molecular formula is C13H18O3. The molecule has 0 saturated heterocycles. The van der Waals surface area contributed by atoms with Crippen molar-refractivity contribution in [3.63, 3.8) is 0 Å². The Morgan fingerprint density at radius 1 is 1.38 bits per heavy atom. The number of allylic oxidation sites excluding steroid dienone is 3. The molecule has 0 spiro atoms. The first-order valence-electron chi connectivity index (χ1n) is 5.95. The molecule has 0 saturated carbocycles. The molecule has 16 heavy (non-hydrogen) atoms. The maximum absolute atomic E-state index is 11.3. The second-order valence-corrected chi connectivity index (χ2v) is 4.64. The van der Waals surface area contributed by atoms with Crippen LogP contribution in [0, 0.1) is 5.41 Å². The molecule has 88 valence electrons. The van der Waals surface area contributed by atoms with Gasteiger partial charge in [0.05, 0.1) is 0 Å². The Kier molecular flexibility index (Phi) is 3.15. The summed E-state index contributed by atoms with van der Waals surface area (Å²) in [6.45, 7) is 0.0575. The third-order valence-electron chi connectivity index (χ3n) is 3.86. The highest BCUT2D eigenvalue weighted by Crippen LogP contribution is 2.51. The predicted octanol–water partition coefficient (Wildman–Crippen LogP) is 2.27. The number of aliphatic hydroxyl groups excluding tert-OH is 1. The molecule has 0 aromatic carbocycles. The SMILES string of the molecule is O=C(O)C1=CCCC1(CCO)C1=CCCC1. The van der Waals surface area contributed by atoms with E-state index in [1.807, 2.05) is 6.08 Å². The van der Waals surface area contributed by atoms with Gasteiger partial charge in [0.1, 0.15) is 0 Å². The van der Waals surface area contributed by atoms with E-state index in [1.165, 1.54) is 5.57 Å². The zero-order valence-corrected chi connectivity index (χ0v) is 9.41. The van der Waals surface area contributed by atoms with E-state index >= 15 is 0 Å². The summed E-state index contributed by atoms with van der Waals surface area (Å²) < 4.78 is 0. The summed E-state index contributed by atoms with van der Waals surface area (Å²) in [6.07, 6.45) is 9.39. The average Bonchev–Trinajstić information content (AvgIpc) is 2.85. The number of rotatable bonds is 4. The second kappa shape index (κ2) is 4.42. The summed E-state index contributed by atoms with van der Waals surface area (Å²) in [5.41, 5.74) is 1.39. The van der Waals surface area contributed by atoms with E-state index in [-0.39, 0.29) is 12.0 Å². The van der Waals surface area contributed by atoms with Gasteiger partial charge in [0, 0.05) is 17.6 Å². The summed E-state index contributed by atoms with van der Waals surface area (Å²) in [6, 6.07) is 0. The van der Waals surface area contributed by atoms with E-state index in [0.29, 0.717) is 12.0 Å². The molecule has 0 heterocycles. The lowest BCUT2D eigenvalue weighted by Gasteiger charge is -2.32. The largest absolute Gasteiger partial charge is 0.478 e. The Bertz CT molecular complexity index is 354. The van der Waals surface area contributed by atoms with Gasteiger partial charge in [0.25, 0.3) is 0 Å². The Morgan fingerprint density at radius 2 is 2.19 bits per heavy atom. The minimum atomic E-state index is -0.821. The van der Waals surface area contributed by atoms with Crippen molar-refractivity contribution in [1.82, 2.24) is 0 Å². The molecular weight excluding hydrogens is 204 g/mol. The number of hydrogen-bond acceptors (Lipinski definition) is 2. The second-order valence-electron chi connectivity index (χ2n) is 4.64. The molecule has 0 fully saturated rings. The lowest BCUT2D eigenvalue weighted by molar-refractivity contribution is -0.133. The van der Waals surface area contributed by atoms with Crippen LogP contribution in [-0.4, -0.2) is 22.8 Å². The quantitative estimate of drug-likeness (QED) is 0.717. The van der Waals surface area contributed by atoms with Gasteiger partial charge in [-0.15, -0.1) is 0 Å². The normalized spacial score (nSPS) is 29.1. The summed E-state index contributed by atoms with van der Waals surface area (Å²) >= 11 is 0. The van der Waals surface area contributed by atoms with Crippen molar-refractivity contribution in [2.24, 2.45) is 5.41 Å². The Morgan fingerprint density at radius 3 is 2.75 bits per heavy atom. The van der Waals surface area contributed by atoms with Crippen LogP contribution in [0.15, 0.2) is 23.3 Å². The van der Waals surface area contributed by atoms with E-state index in [2.05, 4.69) is 6.08 Å². The monoisotopic (exact) mass is 222 g/mol. The first-order chi connectivity index (χ1) is 7.70. The molecule has 0 aliphatic heterocycles. The van der Waals surface area contributed by atoms with Crippen molar-refractivity contribution in [3.8, 4) is 0 Å². The van der Waals surface area contributed by atoms with Crippen LogP contribution in [0.3, 0.4) is 0 Å². The fourth-order valence-corrected chi connectivity index (χ4v) is 3.14. The highest BCUT2D eigenvalue weighted by atomic mass is 16.4. The van der Waals surface area contributed by atoms with E-state index in [0.717, 1.165) is 32.1 Å². The zero-order valence-electron chi connectivity index (χ0n) is 9.41. The van der Waals surface area contributed by atoms with Gasteiger partial charge in [0.2, 0.25) is 0 Å². The van der Waals surface area contributed by atoms with Crippen molar-refractivity contribution in [3.05, 3.63) is 23.3 Å². The predicted molar refractivity (Wildman–Crippen MR) is 61.0 cm³/mol. The molecule has 0 amide bonds. The standard InChI is InChI=1S/C13H18O3/c14-9-8-13(10-4-1-2-5-10)7-3-6-11(13)12(15)16/h4,6,14H,1-3,5,7-9H2,(H,15,16). The maximum atomic E-state index is 11.3. The van der Waals surface area contributed by atoms with E-state index in [9.17, 15) is 15.0 Å². The van der Waals surface area contributed by atoms with E-state index in [4.69, 9.17) is 0 Å². The lowest BCUT2D eigenvalue weighted by Crippen LogP contribution is -2.28. The third kappa shape index (κ3) is 1.69. The van der Waals surface area contributed by atoms with Crippen LogP contribution in [-0.2, 0) is 4.79 Å². The Balaban J connectivity index is 2.35. The van der Waals surface area contributed by atoms with Gasteiger partial charge in [-0.1, -0.05) is 17.7 Å². The Labute approximate surface area is 95.5 Å². The van der Waals surface area contributed by atoms with Crippen molar-refractivity contribution in [1.29, 1.82) is 0 Å². The number of aliphatic hydroxyl groups is 1. The first-order valence-corrected chi connectivity index (χ1v) is 5.95. The third-order valence-corrected chi connectivity index (χ3v) is 3.86. The number of carboxylic acid groups (broad SMARTS) is 1. The summed E-state index contributed by atoms with van der Waals surface area (Å²) in [4.78, 5) is 11.3. The highest BCUT2D eigenvalue weighted by molar-refractivity contribution is 5.89. The molecule has 1 atom stereocenters. The number of carboxylic acids is 1.